The van der Waals surface area contributed by atoms with Crippen LogP contribution in [0.25, 0.3) is 0 Å². The van der Waals surface area contributed by atoms with Crippen molar-refractivity contribution in [3.05, 3.63) is 59.7 Å². The number of rotatable bonds is 6. The van der Waals surface area contributed by atoms with Gasteiger partial charge in [-0.25, -0.2) is 0 Å². The second-order valence-corrected chi connectivity index (χ2v) is 7.86. The van der Waals surface area contributed by atoms with E-state index in [1.807, 2.05) is 4.90 Å². The zero-order valence-electron chi connectivity index (χ0n) is 16.7. The van der Waals surface area contributed by atoms with Gasteiger partial charge in [0.2, 0.25) is 11.8 Å². The molecular formula is C23H25N3O4. The van der Waals surface area contributed by atoms with Crippen LogP contribution < -0.4 is 15.8 Å². The van der Waals surface area contributed by atoms with E-state index in [-0.39, 0.29) is 23.8 Å². The van der Waals surface area contributed by atoms with Crippen molar-refractivity contribution in [3.63, 3.8) is 0 Å². The number of nitrogens with two attached hydrogens (primary N) is 1. The summed E-state index contributed by atoms with van der Waals surface area (Å²) in [4.78, 5) is 37.7. The van der Waals surface area contributed by atoms with Gasteiger partial charge in [0.25, 0.3) is 5.91 Å². The first-order valence-electron chi connectivity index (χ1n) is 10.3. The van der Waals surface area contributed by atoms with Gasteiger partial charge in [0.15, 0.2) is 0 Å². The lowest BCUT2D eigenvalue weighted by atomic mass is 10.0. The molecule has 7 nitrogen and oxygen atoms in total. The average molecular weight is 407 g/mol. The number of ether oxygens (including phenoxy) is 1. The molecule has 0 atom stereocenters. The molecule has 1 heterocycles. The lowest BCUT2D eigenvalue weighted by Gasteiger charge is -2.32. The molecule has 0 aromatic heterocycles. The van der Waals surface area contributed by atoms with Crippen molar-refractivity contribution in [2.45, 2.75) is 31.7 Å². The Hall–Kier alpha value is -3.35. The maximum absolute atomic E-state index is 12.5. The van der Waals surface area contributed by atoms with Gasteiger partial charge in [-0.05, 0) is 74.2 Å². The molecule has 1 saturated carbocycles. The minimum atomic E-state index is -0.489. The number of carbonyl (C=O) groups excluding carboxylic acids is 3. The van der Waals surface area contributed by atoms with E-state index in [4.69, 9.17) is 10.5 Å². The fourth-order valence-corrected chi connectivity index (χ4v) is 3.60. The standard InChI is InChI=1S/C23H25N3O4/c24-21(27)15-3-7-19(8-4-15)30-20-9-5-16(6-10-20)22(28)25-18-11-13-26(14-12-18)23(29)17-1-2-17/h3-10,17-18H,1-2,11-14H2,(H2,24,27)(H,25,28). The Morgan fingerprint density at radius 1 is 0.833 bits per heavy atom. The Bertz CT molecular complexity index is 928. The van der Waals surface area contributed by atoms with E-state index < -0.39 is 5.91 Å². The van der Waals surface area contributed by atoms with Crippen molar-refractivity contribution in [1.82, 2.24) is 10.2 Å². The number of benzene rings is 2. The molecule has 0 radical (unpaired) electrons. The molecule has 7 heteroatoms. The van der Waals surface area contributed by atoms with Crippen LogP contribution in [0.3, 0.4) is 0 Å². The SMILES string of the molecule is NC(=O)c1ccc(Oc2ccc(C(=O)NC3CCN(C(=O)C4CC4)CC3)cc2)cc1. The van der Waals surface area contributed by atoms with E-state index >= 15 is 0 Å². The fourth-order valence-electron chi connectivity index (χ4n) is 3.60. The summed E-state index contributed by atoms with van der Waals surface area (Å²) < 4.78 is 5.74. The number of nitrogens with one attached hydrogen (secondary N) is 1. The third-order valence-corrected chi connectivity index (χ3v) is 5.56. The zero-order chi connectivity index (χ0) is 21.1. The second kappa shape index (κ2) is 8.57. The van der Waals surface area contributed by atoms with Crippen molar-refractivity contribution < 1.29 is 19.1 Å². The van der Waals surface area contributed by atoms with Crippen LogP contribution in [0.4, 0.5) is 0 Å². The smallest absolute Gasteiger partial charge is 0.251 e. The van der Waals surface area contributed by atoms with Crippen LogP contribution in [0.2, 0.25) is 0 Å². The van der Waals surface area contributed by atoms with E-state index in [2.05, 4.69) is 5.32 Å². The lowest BCUT2D eigenvalue weighted by molar-refractivity contribution is -0.133. The van der Waals surface area contributed by atoms with Crippen molar-refractivity contribution in [2.24, 2.45) is 11.7 Å². The van der Waals surface area contributed by atoms with Crippen molar-refractivity contribution >= 4 is 17.7 Å². The molecule has 0 bridgehead atoms. The van der Waals surface area contributed by atoms with Crippen LogP contribution in [0.15, 0.2) is 48.5 Å². The molecule has 1 aliphatic carbocycles. The molecule has 2 aliphatic rings. The van der Waals surface area contributed by atoms with Gasteiger partial charge in [-0.1, -0.05) is 0 Å². The summed E-state index contributed by atoms with van der Waals surface area (Å²) in [7, 11) is 0. The minimum absolute atomic E-state index is 0.0837. The number of carbonyl (C=O) groups is 3. The average Bonchev–Trinajstić information content (AvgIpc) is 3.60. The minimum Gasteiger partial charge on any atom is -0.457 e. The van der Waals surface area contributed by atoms with Crippen molar-refractivity contribution in [2.75, 3.05) is 13.1 Å². The molecule has 1 saturated heterocycles. The monoisotopic (exact) mass is 407 g/mol. The Kier molecular flexibility index (Phi) is 5.70. The first-order chi connectivity index (χ1) is 14.5. The number of piperidine rings is 1. The molecule has 1 aliphatic heterocycles. The normalized spacial score (nSPS) is 16.7. The molecular weight excluding hydrogens is 382 g/mol. The summed E-state index contributed by atoms with van der Waals surface area (Å²) in [6.45, 7) is 1.42. The van der Waals surface area contributed by atoms with Crippen molar-refractivity contribution in [1.29, 1.82) is 0 Å². The summed E-state index contributed by atoms with van der Waals surface area (Å²) in [5.41, 5.74) is 6.20. The number of hydrogen-bond acceptors (Lipinski definition) is 4. The van der Waals surface area contributed by atoms with Crippen LogP contribution in [0.1, 0.15) is 46.4 Å². The number of primary amides is 1. The van der Waals surface area contributed by atoms with Crippen LogP contribution in [-0.2, 0) is 4.79 Å². The van der Waals surface area contributed by atoms with E-state index in [9.17, 15) is 14.4 Å². The second-order valence-electron chi connectivity index (χ2n) is 7.86. The zero-order valence-corrected chi connectivity index (χ0v) is 16.7. The third-order valence-electron chi connectivity index (χ3n) is 5.56. The molecule has 2 fully saturated rings. The number of nitrogens with zero attached hydrogens (tertiary/aromatic N) is 1. The van der Waals surface area contributed by atoms with Crippen LogP contribution in [-0.4, -0.2) is 41.8 Å². The van der Waals surface area contributed by atoms with Gasteiger partial charge in [-0.15, -0.1) is 0 Å². The van der Waals surface area contributed by atoms with E-state index in [1.54, 1.807) is 48.5 Å². The highest BCUT2D eigenvalue weighted by molar-refractivity contribution is 5.94. The van der Waals surface area contributed by atoms with E-state index in [0.717, 1.165) is 25.7 Å². The molecule has 0 unspecified atom stereocenters. The molecule has 156 valence electrons. The Labute approximate surface area is 175 Å². The summed E-state index contributed by atoms with van der Waals surface area (Å²) in [5.74, 6) is 1.07. The Balaban J connectivity index is 1.27. The van der Waals surface area contributed by atoms with Crippen LogP contribution in [0.5, 0.6) is 11.5 Å². The molecule has 0 spiro atoms. The van der Waals surface area contributed by atoms with Gasteiger partial charge in [0, 0.05) is 36.2 Å². The highest BCUT2D eigenvalue weighted by Crippen LogP contribution is 2.32. The number of likely N-dealkylation sites (tertiary alicyclic amines) is 1. The quantitative estimate of drug-likeness (QED) is 0.769. The van der Waals surface area contributed by atoms with Crippen molar-refractivity contribution in [3.8, 4) is 11.5 Å². The topological polar surface area (TPSA) is 102 Å². The lowest BCUT2D eigenvalue weighted by Crippen LogP contribution is -2.47. The number of amides is 3. The summed E-state index contributed by atoms with van der Waals surface area (Å²) >= 11 is 0. The van der Waals surface area contributed by atoms with Gasteiger partial charge in [-0.2, -0.15) is 0 Å². The van der Waals surface area contributed by atoms with Gasteiger partial charge >= 0.3 is 0 Å². The summed E-state index contributed by atoms with van der Waals surface area (Å²) in [6.07, 6.45) is 3.61. The number of hydrogen-bond donors (Lipinski definition) is 2. The fraction of sp³-hybridized carbons (Fsp3) is 0.348. The maximum atomic E-state index is 12.5. The van der Waals surface area contributed by atoms with Gasteiger partial charge in [0.05, 0.1) is 0 Å². The van der Waals surface area contributed by atoms with Gasteiger partial charge < -0.3 is 20.7 Å². The Morgan fingerprint density at radius 2 is 1.37 bits per heavy atom. The summed E-state index contributed by atoms with van der Waals surface area (Å²) in [6, 6.07) is 13.5. The van der Waals surface area contributed by atoms with Crippen LogP contribution in [0, 0.1) is 5.92 Å². The van der Waals surface area contributed by atoms with E-state index in [1.165, 1.54) is 0 Å². The van der Waals surface area contributed by atoms with Gasteiger partial charge in [0.1, 0.15) is 11.5 Å². The van der Waals surface area contributed by atoms with Gasteiger partial charge in [-0.3, -0.25) is 14.4 Å². The molecule has 4 rings (SSSR count). The predicted octanol–water partition coefficient (Wildman–Crippen LogP) is 2.71. The molecule has 3 N–H and O–H groups in total. The maximum Gasteiger partial charge on any atom is 0.251 e. The first kappa shape index (κ1) is 19.9. The highest BCUT2D eigenvalue weighted by Gasteiger charge is 2.35. The Morgan fingerprint density at radius 3 is 1.87 bits per heavy atom. The predicted molar refractivity (Wildman–Crippen MR) is 111 cm³/mol. The third kappa shape index (κ3) is 4.79. The molecule has 2 aromatic carbocycles. The first-order valence-corrected chi connectivity index (χ1v) is 10.3. The van der Waals surface area contributed by atoms with Crippen LogP contribution >= 0.6 is 0 Å². The highest BCUT2D eigenvalue weighted by atomic mass is 16.5. The largest absolute Gasteiger partial charge is 0.457 e. The molecule has 30 heavy (non-hydrogen) atoms. The molecule has 2 aromatic rings. The summed E-state index contributed by atoms with van der Waals surface area (Å²) in [5, 5.41) is 3.06. The van der Waals surface area contributed by atoms with E-state index in [0.29, 0.717) is 35.7 Å². The molecule has 3 amide bonds.